The summed E-state index contributed by atoms with van der Waals surface area (Å²) in [7, 11) is 0. The molecule has 0 aliphatic rings. The Balaban J connectivity index is 2.95. The summed E-state index contributed by atoms with van der Waals surface area (Å²) in [6.45, 7) is 3.61. The van der Waals surface area contributed by atoms with E-state index in [0.717, 1.165) is 25.7 Å². The Morgan fingerprint density at radius 1 is 1.50 bits per heavy atom. The second kappa shape index (κ2) is 7.10. The quantitative estimate of drug-likeness (QED) is 0.361. The van der Waals surface area contributed by atoms with Gasteiger partial charge < -0.3 is 5.11 Å². The van der Waals surface area contributed by atoms with Crippen LogP contribution >= 0.6 is 11.6 Å². The highest BCUT2D eigenvalue weighted by molar-refractivity contribution is 6.18. The largest absolute Gasteiger partial charge is 0.392 e. The first kappa shape index (κ1) is 9.99. The summed E-state index contributed by atoms with van der Waals surface area (Å²) < 4.78 is 0. The molecular formula is C8H15ClO. The van der Waals surface area contributed by atoms with E-state index in [9.17, 15) is 0 Å². The molecule has 0 heterocycles. The van der Waals surface area contributed by atoms with E-state index < -0.39 is 0 Å². The summed E-state index contributed by atoms with van der Waals surface area (Å²) in [6.07, 6.45) is 5.59. The number of aliphatic hydroxyl groups excluding tert-OH is 1. The zero-order chi connectivity index (χ0) is 7.82. The molecule has 10 heavy (non-hydrogen) atoms. The first-order valence-corrected chi connectivity index (χ1v) is 4.19. The Morgan fingerprint density at radius 3 is 2.70 bits per heavy atom. The minimum absolute atomic E-state index is 0.313. The van der Waals surface area contributed by atoms with Crippen LogP contribution in [0.1, 0.15) is 25.7 Å². The smallest absolute Gasteiger partial charge is 0.0675 e. The van der Waals surface area contributed by atoms with Crippen molar-refractivity contribution >= 4 is 11.6 Å². The van der Waals surface area contributed by atoms with E-state index >= 15 is 0 Å². The monoisotopic (exact) mass is 162 g/mol. The predicted molar refractivity (Wildman–Crippen MR) is 45.4 cm³/mol. The van der Waals surface area contributed by atoms with Crippen LogP contribution in [0.15, 0.2) is 12.7 Å². The lowest BCUT2D eigenvalue weighted by Gasteiger charge is -2.03. The van der Waals surface area contributed by atoms with Gasteiger partial charge >= 0.3 is 0 Å². The fraction of sp³-hybridized carbons (Fsp3) is 0.750. The lowest BCUT2D eigenvalue weighted by atomic mass is 10.1. The maximum absolute atomic E-state index is 9.00. The summed E-state index contributed by atoms with van der Waals surface area (Å²) >= 11 is 5.39. The molecule has 0 aromatic rings. The highest BCUT2D eigenvalue weighted by Crippen LogP contribution is 2.04. The predicted octanol–water partition coefficient (Wildman–Crippen LogP) is 2.33. The van der Waals surface area contributed by atoms with E-state index in [1.165, 1.54) is 0 Å². The first-order valence-electron chi connectivity index (χ1n) is 3.66. The number of rotatable bonds is 6. The summed E-state index contributed by atoms with van der Waals surface area (Å²) in [5.74, 6) is 0.355. The fourth-order valence-electron chi connectivity index (χ4n) is 0.746. The second-order valence-electron chi connectivity index (χ2n) is 2.38. The van der Waals surface area contributed by atoms with Crippen LogP contribution in [-0.2, 0) is 0 Å². The molecule has 0 saturated carbocycles. The van der Waals surface area contributed by atoms with Gasteiger partial charge in [0.25, 0.3) is 0 Å². The maximum atomic E-state index is 9.00. The molecule has 60 valence electrons. The molecule has 0 bridgehead atoms. The van der Waals surface area contributed by atoms with Gasteiger partial charge in [0.2, 0.25) is 0 Å². The van der Waals surface area contributed by atoms with Crippen LogP contribution in [0.5, 0.6) is 0 Å². The minimum Gasteiger partial charge on any atom is -0.392 e. The van der Waals surface area contributed by atoms with Crippen LogP contribution < -0.4 is 0 Å². The molecule has 0 rings (SSSR count). The lowest BCUT2D eigenvalue weighted by molar-refractivity contribution is 0.184. The lowest BCUT2D eigenvalue weighted by Crippen LogP contribution is -2.07. The van der Waals surface area contributed by atoms with Crippen molar-refractivity contribution < 1.29 is 5.11 Å². The Morgan fingerprint density at radius 2 is 2.20 bits per heavy atom. The van der Waals surface area contributed by atoms with Crippen molar-refractivity contribution in [1.82, 2.24) is 0 Å². The van der Waals surface area contributed by atoms with E-state index in [1.54, 1.807) is 0 Å². The van der Waals surface area contributed by atoms with Crippen molar-refractivity contribution in [3.8, 4) is 0 Å². The number of hydrogen-bond donors (Lipinski definition) is 1. The molecule has 0 radical (unpaired) electrons. The van der Waals surface area contributed by atoms with Gasteiger partial charge in [-0.1, -0.05) is 12.5 Å². The van der Waals surface area contributed by atoms with Gasteiger partial charge in [-0.3, -0.25) is 0 Å². The molecule has 0 spiro atoms. The molecular weight excluding hydrogens is 148 g/mol. The van der Waals surface area contributed by atoms with Gasteiger partial charge in [0, 0.05) is 5.88 Å². The molecule has 1 nitrogen and oxygen atoms in total. The van der Waals surface area contributed by atoms with Crippen molar-refractivity contribution in [3.63, 3.8) is 0 Å². The molecule has 1 atom stereocenters. The molecule has 0 saturated heterocycles. The molecule has 0 unspecified atom stereocenters. The van der Waals surface area contributed by atoms with Crippen LogP contribution in [0.4, 0.5) is 0 Å². The molecule has 0 aliphatic heterocycles. The van der Waals surface area contributed by atoms with Crippen molar-refractivity contribution in [2.75, 3.05) is 5.88 Å². The highest BCUT2D eigenvalue weighted by atomic mass is 35.5. The summed E-state index contributed by atoms with van der Waals surface area (Å²) in [6, 6.07) is 0. The maximum Gasteiger partial charge on any atom is 0.0675 e. The van der Waals surface area contributed by atoms with Crippen molar-refractivity contribution in [2.45, 2.75) is 31.8 Å². The van der Waals surface area contributed by atoms with Crippen LogP contribution in [0.3, 0.4) is 0 Å². The zero-order valence-electron chi connectivity index (χ0n) is 6.22. The van der Waals surface area contributed by atoms with E-state index in [0.29, 0.717) is 5.88 Å². The molecule has 2 heteroatoms. The fourth-order valence-corrected chi connectivity index (χ4v) is 0.900. The van der Waals surface area contributed by atoms with E-state index in [-0.39, 0.29) is 6.10 Å². The van der Waals surface area contributed by atoms with E-state index in [1.807, 2.05) is 6.08 Å². The van der Waals surface area contributed by atoms with E-state index in [2.05, 4.69) is 6.58 Å². The number of unbranched alkanes of at least 4 members (excludes halogenated alkanes) is 2. The summed E-state index contributed by atoms with van der Waals surface area (Å²) in [4.78, 5) is 0. The number of aliphatic hydroxyl groups is 1. The second-order valence-corrected chi connectivity index (χ2v) is 2.69. The normalized spacial score (nSPS) is 13.0. The number of allylic oxidation sites excluding steroid dienone is 1. The summed E-state index contributed by atoms with van der Waals surface area (Å²) in [5.41, 5.74) is 0. The van der Waals surface area contributed by atoms with Gasteiger partial charge in [-0.25, -0.2) is 0 Å². The van der Waals surface area contributed by atoms with Gasteiger partial charge in [0.15, 0.2) is 0 Å². The van der Waals surface area contributed by atoms with Crippen molar-refractivity contribution in [1.29, 1.82) is 0 Å². The van der Waals surface area contributed by atoms with Crippen LogP contribution in [0.2, 0.25) is 0 Å². The Bertz CT molecular complexity index is 83.3. The third kappa shape index (κ3) is 6.12. The van der Waals surface area contributed by atoms with Crippen molar-refractivity contribution in [2.24, 2.45) is 0 Å². The molecule has 0 fully saturated rings. The molecule has 1 N–H and O–H groups in total. The number of alkyl halides is 1. The van der Waals surface area contributed by atoms with Gasteiger partial charge in [-0.2, -0.15) is 0 Å². The van der Waals surface area contributed by atoms with Crippen LogP contribution in [0.25, 0.3) is 0 Å². The number of halogens is 1. The zero-order valence-corrected chi connectivity index (χ0v) is 6.98. The molecule has 0 aromatic carbocycles. The topological polar surface area (TPSA) is 20.2 Å². The van der Waals surface area contributed by atoms with Gasteiger partial charge in [-0.05, 0) is 19.3 Å². The SMILES string of the molecule is C=CCCCC[C@H](O)CCl. The van der Waals surface area contributed by atoms with Gasteiger partial charge in [0.1, 0.15) is 0 Å². The average Bonchev–Trinajstić information content (AvgIpc) is 1.98. The number of hydrogen-bond acceptors (Lipinski definition) is 1. The van der Waals surface area contributed by atoms with Crippen molar-refractivity contribution in [3.05, 3.63) is 12.7 Å². The van der Waals surface area contributed by atoms with Gasteiger partial charge in [-0.15, -0.1) is 18.2 Å². The molecule has 0 aliphatic carbocycles. The Labute approximate surface area is 67.7 Å². The Kier molecular flexibility index (Phi) is 7.09. The highest BCUT2D eigenvalue weighted by Gasteiger charge is 1.99. The van der Waals surface area contributed by atoms with Gasteiger partial charge in [0.05, 0.1) is 6.10 Å². The third-order valence-electron chi connectivity index (χ3n) is 1.37. The minimum atomic E-state index is -0.313. The standard InChI is InChI=1S/C8H15ClO/c1-2-3-4-5-6-8(10)7-9/h2,8,10H,1,3-7H2/t8-/m0/s1. The van der Waals surface area contributed by atoms with Crippen LogP contribution in [-0.4, -0.2) is 17.1 Å². The van der Waals surface area contributed by atoms with Crippen LogP contribution in [0, 0.1) is 0 Å². The summed E-state index contributed by atoms with van der Waals surface area (Å²) in [5, 5.41) is 9.00. The Hall–Kier alpha value is -0.0100. The molecule has 0 aromatic heterocycles. The third-order valence-corrected chi connectivity index (χ3v) is 1.73. The average molecular weight is 163 g/mol. The van der Waals surface area contributed by atoms with E-state index in [4.69, 9.17) is 16.7 Å². The first-order chi connectivity index (χ1) is 4.81. The molecule has 0 amide bonds.